The second-order valence-electron chi connectivity index (χ2n) is 9.85. The Balaban J connectivity index is 1.45. The quantitative estimate of drug-likeness (QED) is 0.133. The van der Waals surface area contributed by atoms with Crippen molar-refractivity contribution in [3.8, 4) is 22.6 Å². The van der Waals surface area contributed by atoms with Crippen molar-refractivity contribution in [1.29, 1.82) is 0 Å². The van der Waals surface area contributed by atoms with Gasteiger partial charge in [0, 0.05) is 29.2 Å². The van der Waals surface area contributed by atoms with Crippen LogP contribution < -0.4 is 15.4 Å². The fourth-order valence-electron chi connectivity index (χ4n) is 4.54. The molecular formula is C34H35ClN2O4. The molecule has 41 heavy (non-hydrogen) atoms. The van der Waals surface area contributed by atoms with Crippen molar-refractivity contribution in [1.82, 2.24) is 5.32 Å². The van der Waals surface area contributed by atoms with Gasteiger partial charge in [-0.25, -0.2) is 4.79 Å². The van der Waals surface area contributed by atoms with Crippen molar-refractivity contribution >= 4 is 29.2 Å². The number of hydrogen-bond acceptors (Lipinski definition) is 4. The normalized spacial score (nSPS) is 11.5. The monoisotopic (exact) mass is 570 g/mol. The maximum absolute atomic E-state index is 13.2. The summed E-state index contributed by atoms with van der Waals surface area (Å²) in [6.45, 7) is 2.87. The number of unbranched alkanes of at least 4 members (excludes halogenated alkanes) is 3. The van der Waals surface area contributed by atoms with Crippen molar-refractivity contribution in [3.05, 3.63) is 113 Å². The number of rotatable bonds is 14. The minimum atomic E-state index is -1.11. The van der Waals surface area contributed by atoms with Crippen molar-refractivity contribution in [2.45, 2.75) is 45.1 Å². The van der Waals surface area contributed by atoms with E-state index in [1.807, 2.05) is 78.9 Å². The minimum Gasteiger partial charge on any atom is -0.480 e. The molecule has 0 fully saturated rings. The largest absolute Gasteiger partial charge is 0.480 e. The second-order valence-corrected chi connectivity index (χ2v) is 10.3. The predicted molar refractivity (Wildman–Crippen MR) is 165 cm³/mol. The number of benzene rings is 4. The van der Waals surface area contributed by atoms with Gasteiger partial charge in [-0.05, 0) is 53.9 Å². The average Bonchev–Trinajstić information content (AvgIpc) is 2.98. The Hall–Kier alpha value is -4.29. The fraction of sp³-hybridized carbons (Fsp3) is 0.235. The first kappa shape index (κ1) is 29.7. The zero-order chi connectivity index (χ0) is 29.0. The van der Waals surface area contributed by atoms with Crippen LogP contribution in [0.3, 0.4) is 0 Å². The molecule has 212 valence electrons. The molecule has 0 saturated carbocycles. The third kappa shape index (κ3) is 8.60. The van der Waals surface area contributed by atoms with Crippen LogP contribution >= 0.6 is 11.6 Å². The summed E-state index contributed by atoms with van der Waals surface area (Å²) in [6, 6.07) is 28.9. The molecule has 0 spiro atoms. The molecule has 1 amide bonds. The SMILES string of the molecule is CCCCCCNc1ccc(Cl)cc1C(=O)NC(Cc1ccc(-c2ccccc2Oc2ccccc2)cc1)C(=O)O. The lowest BCUT2D eigenvalue weighted by atomic mass is 9.99. The van der Waals surface area contributed by atoms with Gasteiger partial charge in [-0.3, -0.25) is 4.79 Å². The molecular weight excluding hydrogens is 536 g/mol. The van der Waals surface area contributed by atoms with Crippen LogP contribution in [0.25, 0.3) is 11.1 Å². The summed E-state index contributed by atoms with van der Waals surface area (Å²) in [4.78, 5) is 25.3. The number of para-hydroxylation sites is 2. The molecule has 4 rings (SSSR count). The molecule has 0 radical (unpaired) electrons. The van der Waals surface area contributed by atoms with Gasteiger partial charge in [0.1, 0.15) is 17.5 Å². The van der Waals surface area contributed by atoms with Crippen molar-refractivity contribution in [2.75, 3.05) is 11.9 Å². The highest BCUT2D eigenvalue weighted by Crippen LogP contribution is 2.33. The highest BCUT2D eigenvalue weighted by Gasteiger charge is 2.23. The van der Waals surface area contributed by atoms with E-state index in [4.69, 9.17) is 16.3 Å². The van der Waals surface area contributed by atoms with Crippen LogP contribution in [0, 0.1) is 0 Å². The van der Waals surface area contributed by atoms with Gasteiger partial charge in [0.05, 0.1) is 5.56 Å². The Morgan fingerprint density at radius 1 is 0.878 bits per heavy atom. The Morgan fingerprint density at radius 2 is 1.61 bits per heavy atom. The number of ether oxygens (including phenoxy) is 1. The van der Waals surface area contributed by atoms with Crippen molar-refractivity contribution in [3.63, 3.8) is 0 Å². The molecule has 0 aliphatic rings. The van der Waals surface area contributed by atoms with Gasteiger partial charge in [-0.1, -0.05) is 98.5 Å². The van der Waals surface area contributed by atoms with Gasteiger partial charge >= 0.3 is 5.97 Å². The van der Waals surface area contributed by atoms with Crippen LogP contribution in [0.5, 0.6) is 11.5 Å². The Bertz CT molecular complexity index is 1440. The number of aliphatic carboxylic acids is 1. The number of carbonyl (C=O) groups excluding carboxylic acids is 1. The van der Waals surface area contributed by atoms with Crippen LogP contribution in [0.15, 0.2) is 97.1 Å². The van der Waals surface area contributed by atoms with Crippen molar-refractivity contribution in [2.24, 2.45) is 0 Å². The first-order chi connectivity index (χ1) is 19.9. The van der Waals surface area contributed by atoms with Crippen LogP contribution in [0.2, 0.25) is 5.02 Å². The molecule has 0 saturated heterocycles. The Kier molecular flexibility index (Phi) is 10.8. The summed E-state index contributed by atoms with van der Waals surface area (Å²) in [6.07, 6.45) is 4.51. The molecule has 1 atom stereocenters. The highest BCUT2D eigenvalue weighted by atomic mass is 35.5. The number of anilines is 1. The second kappa shape index (κ2) is 14.9. The molecule has 0 bridgehead atoms. The summed E-state index contributed by atoms with van der Waals surface area (Å²) in [5.41, 5.74) is 3.59. The number of carboxylic acid groups (broad SMARTS) is 1. The summed E-state index contributed by atoms with van der Waals surface area (Å²) in [5.74, 6) is -0.135. The number of carbonyl (C=O) groups is 2. The smallest absolute Gasteiger partial charge is 0.326 e. The summed E-state index contributed by atoms with van der Waals surface area (Å²) in [7, 11) is 0. The van der Waals surface area contributed by atoms with Gasteiger partial charge in [0.15, 0.2) is 0 Å². The lowest BCUT2D eigenvalue weighted by Gasteiger charge is -2.18. The van der Waals surface area contributed by atoms with Gasteiger partial charge < -0.3 is 20.5 Å². The molecule has 3 N–H and O–H groups in total. The fourth-order valence-corrected chi connectivity index (χ4v) is 4.71. The molecule has 4 aromatic rings. The maximum Gasteiger partial charge on any atom is 0.326 e. The number of nitrogens with one attached hydrogen (secondary N) is 2. The van der Waals surface area contributed by atoms with Gasteiger partial charge in [0.25, 0.3) is 5.91 Å². The van der Waals surface area contributed by atoms with Gasteiger partial charge in [-0.2, -0.15) is 0 Å². The zero-order valence-corrected chi connectivity index (χ0v) is 23.9. The molecule has 7 heteroatoms. The summed E-state index contributed by atoms with van der Waals surface area (Å²) in [5, 5.41) is 16.3. The van der Waals surface area contributed by atoms with E-state index in [1.165, 1.54) is 0 Å². The summed E-state index contributed by atoms with van der Waals surface area (Å²) < 4.78 is 6.10. The summed E-state index contributed by atoms with van der Waals surface area (Å²) >= 11 is 6.18. The van der Waals surface area contributed by atoms with Gasteiger partial charge in [0.2, 0.25) is 0 Å². The number of amides is 1. The Morgan fingerprint density at radius 3 is 2.34 bits per heavy atom. The third-order valence-corrected chi connectivity index (χ3v) is 6.97. The lowest BCUT2D eigenvalue weighted by Crippen LogP contribution is -2.42. The molecule has 0 aliphatic carbocycles. The number of hydrogen-bond donors (Lipinski definition) is 3. The standard InChI is InChI=1S/C34H35ClN2O4/c1-2-3-4-10-21-36-30-20-19-26(35)23-29(30)33(38)37-31(34(39)40)22-24-15-17-25(18-16-24)28-13-8-9-14-32(28)41-27-11-6-5-7-12-27/h5-9,11-20,23,31,36H,2-4,10,21-22H2,1H3,(H,37,38)(H,39,40). The molecule has 0 heterocycles. The molecule has 0 aromatic heterocycles. The highest BCUT2D eigenvalue weighted by molar-refractivity contribution is 6.31. The molecule has 4 aromatic carbocycles. The van der Waals surface area contributed by atoms with Crippen LogP contribution in [0.1, 0.15) is 48.5 Å². The van der Waals surface area contributed by atoms with E-state index >= 15 is 0 Å². The zero-order valence-electron chi connectivity index (χ0n) is 23.1. The van der Waals surface area contributed by atoms with Crippen molar-refractivity contribution < 1.29 is 19.4 Å². The molecule has 6 nitrogen and oxygen atoms in total. The number of halogens is 1. The number of carboxylic acids is 1. The molecule has 1 unspecified atom stereocenters. The Labute approximate surface area is 246 Å². The van der Waals surface area contributed by atoms with Crippen LogP contribution in [-0.2, 0) is 11.2 Å². The predicted octanol–water partition coefficient (Wildman–Crippen LogP) is 8.22. The first-order valence-corrected chi connectivity index (χ1v) is 14.3. The maximum atomic E-state index is 13.2. The van der Waals surface area contributed by atoms with E-state index in [0.717, 1.165) is 60.4 Å². The van der Waals surface area contributed by atoms with E-state index in [1.54, 1.807) is 18.2 Å². The van der Waals surface area contributed by atoms with E-state index in [2.05, 4.69) is 17.6 Å². The van der Waals surface area contributed by atoms with Gasteiger partial charge in [-0.15, -0.1) is 0 Å². The molecule has 0 aliphatic heterocycles. The van der Waals surface area contributed by atoms with E-state index in [0.29, 0.717) is 16.3 Å². The first-order valence-electron chi connectivity index (χ1n) is 13.9. The van der Waals surface area contributed by atoms with E-state index in [9.17, 15) is 14.7 Å². The van der Waals surface area contributed by atoms with Crippen LogP contribution in [0.4, 0.5) is 5.69 Å². The minimum absolute atomic E-state index is 0.129. The average molecular weight is 571 g/mol. The third-order valence-electron chi connectivity index (χ3n) is 6.74. The lowest BCUT2D eigenvalue weighted by molar-refractivity contribution is -0.139. The van der Waals surface area contributed by atoms with E-state index in [-0.39, 0.29) is 6.42 Å². The topological polar surface area (TPSA) is 87.7 Å². The van der Waals surface area contributed by atoms with E-state index < -0.39 is 17.9 Å². The van der Waals surface area contributed by atoms with Crippen LogP contribution in [-0.4, -0.2) is 29.6 Å².